The summed E-state index contributed by atoms with van der Waals surface area (Å²) in [6.45, 7) is 8.42. The molecular formula is C20H27N3O4S. The number of amides is 2. The first kappa shape index (κ1) is 21.7. The van der Waals surface area contributed by atoms with E-state index in [1.54, 1.807) is 6.07 Å². The average Bonchev–Trinajstić information content (AvgIpc) is 3.02. The van der Waals surface area contributed by atoms with Crippen LogP contribution in [-0.4, -0.2) is 28.2 Å². The largest absolute Gasteiger partial charge is 0.496 e. The predicted molar refractivity (Wildman–Crippen MR) is 110 cm³/mol. The molecular weight excluding hydrogens is 378 g/mol. The van der Waals surface area contributed by atoms with Crippen LogP contribution in [0.3, 0.4) is 0 Å². The number of carboxylic acid groups (broad SMARTS) is 1. The van der Waals surface area contributed by atoms with Crippen molar-refractivity contribution in [3.63, 3.8) is 0 Å². The molecule has 8 heteroatoms. The van der Waals surface area contributed by atoms with Gasteiger partial charge in [0.2, 0.25) is 0 Å². The minimum atomic E-state index is -1.20. The van der Waals surface area contributed by atoms with Gasteiger partial charge in [0.25, 0.3) is 5.91 Å². The lowest BCUT2D eigenvalue weighted by Gasteiger charge is -2.19. The maximum absolute atomic E-state index is 12.9. The Kier molecular flexibility index (Phi) is 7.01. The van der Waals surface area contributed by atoms with E-state index in [1.807, 2.05) is 0 Å². The van der Waals surface area contributed by atoms with Gasteiger partial charge < -0.3 is 9.84 Å². The second-order valence-corrected chi connectivity index (χ2v) is 8.38. The van der Waals surface area contributed by atoms with E-state index in [0.717, 1.165) is 24.8 Å². The summed E-state index contributed by atoms with van der Waals surface area (Å²) >= 11 is 1.45. The number of carbonyl (C=O) groups excluding carboxylic acids is 1. The van der Waals surface area contributed by atoms with Gasteiger partial charge in [0, 0.05) is 23.0 Å². The molecule has 2 N–H and O–H groups in total. The highest BCUT2D eigenvalue weighted by Crippen LogP contribution is 2.24. The van der Waals surface area contributed by atoms with Gasteiger partial charge >= 0.3 is 6.09 Å². The molecule has 0 saturated heterocycles. The Morgan fingerprint density at radius 3 is 2.61 bits per heavy atom. The van der Waals surface area contributed by atoms with Crippen LogP contribution in [0.1, 0.15) is 56.5 Å². The number of hydrogen-bond acceptors (Lipinski definition) is 4. The van der Waals surface area contributed by atoms with Crippen molar-refractivity contribution in [2.45, 2.75) is 52.5 Å². The van der Waals surface area contributed by atoms with Crippen molar-refractivity contribution in [3.05, 3.63) is 40.2 Å². The maximum atomic E-state index is 12.9. The fourth-order valence-electron chi connectivity index (χ4n) is 2.57. The molecule has 2 aromatic rings. The van der Waals surface area contributed by atoms with Crippen molar-refractivity contribution in [1.29, 1.82) is 0 Å². The van der Waals surface area contributed by atoms with Crippen LogP contribution >= 0.6 is 11.5 Å². The lowest BCUT2D eigenvalue weighted by Crippen LogP contribution is -2.18. The van der Waals surface area contributed by atoms with E-state index < -0.39 is 12.0 Å². The van der Waals surface area contributed by atoms with E-state index in [1.165, 1.54) is 30.8 Å². The van der Waals surface area contributed by atoms with Crippen LogP contribution < -0.4 is 14.7 Å². The van der Waals surface area contributed by atoms with Crippen LogP contribution in [0.25, 0.3) is 0 Å². The molecule has 0 fully saturated rings. The Hall–Kier alpha value is -2.61. The molecule has 0 radical (unpaired) electrons. The smallest absolute Gasteiger partial charge is 0.409 e. The number of ether oxygens (including phenoxy) is 1. The predicted octanol–water partition coefficient (Wildman–Crippen LogP) is 4.49. The molecule has 0 saturated carbocycles. The number of aromatic nitrogens is 1. The van der Waals surface area contributed by atoms with Gasteiger partial charge in [0.05, 0.1) is 12.7 Å². The van der Waals surface area contributed by atoms with Crippen molar-refractivity contribution in [3.8, 4) is 5.75 Å². The molecule has 1 aromatic carbocycles. The molecule has 28 heavy (non-hydrogen) atoms. The molecule has 1 aromatic heterocycles. The highest BCUT2D eigenvalue weighted by molar-refractivity contribution is 7.04. The summed E-state index contributed by atoms with van der Waals surface area (Å²) < 4.78 is 8.04. The van der Waals surface area contributed by atoms with Gasteiger partial charge in [-0.05, 0) is 63.3 Å². The summed E-state index contributed by atoms with van der Waals surface area (Å²) in [4.78, 5) is 28.1. The molecule has 0 atom stereocenters. The number of nitrogens with zero attached hydrogens (tertiary/aromatic N) is 2. The third kappa shape index (κ3) is 5.45. The number of carbonyl (C=O) groups is 2. The highest BCUT2D eigenvalue weighted by atomic mass is 32.1. The number of unbranched alkanes of at least 4 members (excludes halogenated alkanes) is 1. The fraction of sp³-hybridized carbons (Fsp3) is 0.450. The second-order valence-electron chi connectivity index (χ2n) is 7.41. The number of nitrogens with one attached hydrogen (secondary N) is 1. The van der Waals surface area contributed by atoms with Crippen LogP contribution in [0.4, 0.5) is 10.5 Å². The van der Waals surface area contributed by atoms with Gasteiger partial charge in [-0.2, -0.15) is 4.99 Å². The van der Waals surface area contributed by atoms with Gasteiger partial charge in [-0.15, -0.1) is 0 Å². The highest BCUT2D eigenvalue weighted by Gasteiger charge is 2.18. The average molecular weight is 406 g/mol. The molecule has 0 unspecified atom stereocenters. The molecule has 7 nitrogen and oxygen atoms in total. The zero-order chi connectivity index (χ0) is 20.9. The number of hydrogen-bond donors (Lipinski definition) is 2. The maximum Gasteiger partial charge on any atom is 0.409 e. The van der Waals surface area contributed by atoms with E-state index in [-0.39, 0.29) is 16.8 Å². The number of rotatable bonds is 6. The molecule has 0 aliphatic heterocycles. The molecule has 2 rings (SSSR count). The number of aryl methyl sites for hydroxylation is 1. The first-order valence-electron chi connectivity index (χ1n) is 9.15. The number of anilines is 1. The van der Waals surface area contributed by atoms with E-state index in [0.29, 0.717) is 10.4 Å². The SMILES string of the molecule is CCCCc1cn(C(C)(C)C)sc1=NC(=O)c1cc(NC(=O)O)ccc1OC. The molecule has 2 amide bonds. The van der Waals surface area contributed by atoms with Gasteiger partial charge in [-0.25, -0.2) is 4.79 Å². The molecule has 1 heterocycles. The van der Waals surface area contributed by atoms with Crippen molar-refractivity contribution < 1.29 is 19.4 Å². The third-order valence-electron chi connectivity index (χ3n) is 4.08. The Morgan fingerprint density at radius 2 is 2.04 bits per heavy atom. The summed E-state index contributed by atoms with van der Waals surface area (Å²) in [5, 5.41) is 11.1. The summed E-state index contributed by atoms with van der Waals surface area (Å²) in [6, 6.07) is 4.53. The van der Waals surface area contributed by atoms with Crippen LogP contribution in [0.5, 0.6) is 5.75 Å². The molecule has 0 aliphatic carbocycles. The normalized spacial score (nSPS) is 12.1. The van der Waals surface area contributed by atoms with Gasteiger partial charge in [0.1, 0.15) is 10.4 Å². The lowest BCUT2D eigenvalue weighted by molar-refractivity contribution is 0.0995. The van der Waals surface area contributed by atoms with Crippen molar-refractivity contribution in [2.24, 2.45) is 4.99 Å². The van der Waals surface area contributed by atoms with Crippen molar-refractivity contribution in [2.75, 3.05) is 12.4 Å². The quantitative estimate of drug-likeness (QED) is 0.741. The Bertz CT molecular complexity index is 922. The first-order chi connectivity index (χ1) is 13.2. The van der Waals surface area contributed by atoms with Crippen LogP contribution in [-0.2, 0) is 12.0 Å². The van der Waals surface area contributed by atoms with Crippen LogP contribution in [0.2, 0.25) is 0 Å². The van der Waals surface area contributed by atoms with E-state index in [4.69, 9.17) is 9.84 Å². The summed E-state index contributed by atoms with van der Waals surface area (Å²) in [5.74, 6) is -0.119. The van der Waals surface area contributed by atoms with Crippen LogP contribution in [0, 0.1) is 0 Å². The Labute approximate surface area is 168 Å². The standard InChI is InChI=1S/C20H27N3O4S/c1-6-7-8-13-12-23(20(2,3)4)28-18(13)22-17(24)15-11-14(21-19(25)26)9-10-16(15)27-5/h9-12,21H,6-8H2,1-5H3,(H,25,26). The zero-order valence-corrected chi connectivity index (χ0v) is 17.7. The zero-order valence-electron chi connectivity index (χ0n) is 16.9. The number of methoxy groups -OCH3 is 1. The molecule has 0 aliphatic rings. The monoisotopic (exact) mass is 405 g/mol. The van der Waals surface area contributed by atoms with Crippen molar-refractivity contribution >= 4 is 29.2 Å². The van der Waals surface area contributed by atoms with E-state index in [2.05, 4.69) is 48.2 Å². The summed E-state index contributed by atoms with van der Waals surface area (Å²) in [7, 11) is 1.46. The second kappa shape index (κ2) is 9.05. The summed E-state index contributed by atoms with van der Waals surface area (Å²) in [5.41, 5.74) is 1.43. The first-order valence-corrected chi connectivity index (χ1v) is 9.92. The molecule has 152 valence electrons. The third-order valence-corrected chi connectivity index (χ3v) is 5.45. The van der Waals surface area contributed by atoms with Crippen molar-refractivity contribution in [1.82, 2.24) is 3.96 Å². The Morgan fingerprint density at radius 1 is 1.32 bits per heavy atom. The van der Waals surface area contributed by atoms with E-state index in [9.17, 15) is 9.59 Å². The van der Waals surface area contributed by atoms with Gasteiger partial charge in [-0.3, -0.25) is 14.1 Å². The minimum Gasteiger partial charge on any atom is -0.496 e. The molecule has 0 bridgehead atoms. The lowest BCUT2D eigenvalue weighted by atomic mass is 10.1. The Balaban J connectivity index is 2.50. The minimum absolute atomic E-state index is 0.106. The summed E-state index contributed by atoms with van der Waals surface area (Å²) in [6.07, 6.45) is 3.77. The fourth-order valence-corrected chi connectivity index (χ4v) is 3.60. The van der Waals surface area contributed by atoms with E-state index >= 15 is 0 Å². The van der Waals surface area contributed by atoms with Gasteiger partial charge in [-0.1, -0.05) is 13.3 Å². The molecule has 0 spiro atoms. The topological polar surface area (TPSA) is 92.9 Å². The number of benzene rings is 1. The van der Waals surface area contributed by atoms with Gasteiger partial charge in [0.15, 0.2) is 0 Å². The van der Waals surface area contributed by atoms with Crippen LogP contribution in [0.15, 0.2) is 29.4 Å².